The van der Waals surface area contributed by atoms with Gasteiger partial charge in [-0.1, -0.05) is 6.07 Å². The summed E-state index contributed by atoms with van der Waals surface area (Å²) in [5.74, 6) is -0.455. The van der Waals surface area contributed by atoms with Gasteiger partial charge in [0, 0.05) is 11.8 Å². The lowest BCUT2D eigenvalue weighted by Gasteiger charge is -2.12. The molecule has 0 saturated carbocycles. The van der Waals surface area contributed by atoms with E-state index in [-0.39, 0.29) is 5.69 Å². The highest BCUT2D eigenvalue weighted by molar-refractivity contribution is 5.94. The highest BCUT2D eigenvalue weighted by Crippen LogP contribution is 2.38. The molecule has 0 saturated heterocycles. The molecule has 0 aromatic heterocycles. The first-order chi connectivity index (χ1) is 14.7. The fraction of sp³-hybridized carbons (Fsp3) is 0.238. The molecule has 2 aromatic rings. The number of methoxy groups -OCH3 is 3. The molecular formula is C21H20F3NO6. The number of hydrogen-bond acceptors (Lipinski definition) is 6. The minimum atomic E-state index is -4.54. The summed E-state index contributed by atoms with van der Waals surface area (Å²) >= 11 is 0. The van der Waals surface area contributed by atoms with Crippen LogP contribution in [-0.4, -0.2) is 39.8 Å². The van der Waals surface area contributed by atoms with Crippen LogP contribution in [0.4, 0.5) is 18.9 Å². The highest BCUT2D eigenvalue weighted by atomic mass is 19.4. The molecule has 1 N–H and O–H groups in total. The number of nitrogens with one attached hydrogen (secondary N) is 1. The van der Waals surface area contributed by atoms with Crippen molar-refractivity contribution in [1.82, 2.24) is 0 Å². The van der Waals surface area contributed by atoms with Crippen molar-refractivity contribution in [3.8, 4) is 17.2 Å². The van der Waals surface area contributed by atoms with Crippen LogP contribution in [0.1, 0.15) is 11.1 Å². The Kier molecular flexibility index (Phi) is 7.89. The van der Waals surface area contributed by atoms with E-state index in [4.69, 9.17) is 18.9 Å². The molecule has 0 spiro atoms. The molecule has 1 amide bonds. The van der Waals surface area contributed by atoms with Crippen molar-refractivity contribution in [1.29, 1.82) is 0 Å². The number of carbonyl (C=O) groups is 2. The molecule has 10 heteroatoms. The lowest BCUT2D eigenvalue weighted by Crippen LogP contribution is -2.20. The van der Waals surface area contributed by atoms with Crippen LogP contribution in [0, 0.1) is 0 Å². The molecule has 0 aliphatic rings. The third-order valence-corrected chi connectivity index (χ3v) is 3.92. The number of alkyl halides is 3. The molecule has 31 heavy (non-hydrogen) atoms. The first-order valence-electron chi connectivity index (χ1n) is 8.80. The van der Waals surface area contributed by atoms with E-state index in [1.807, 2.05) is 0 Å². The molecule has 2 rings (SSSR count). The van der Waals surface area contributed by atoms with Crippen LogP contribution in [0.3, 0.4) is 0 Å². The fourth-order valence-corrected chi connectivity index (χ4v) is 2.52. The summed E-state index contributed by atoms with van der Waals surface area (Å²) in [6.07, 6.45) is -2.04. The second-order valence-electron chi connectivity index (χ2n) is 6.03. The van der Waals surface area contributed by atoms with Crippen LogP contribution in [0.15, 0.2) is 42.5 Å². The topological polar surface area (TPSA) is 83.1 Å². The van der Waals surface area contributed by atoms with E-state index in [9.17, 15) is 22.8 Å². The maximum Gasteiger partial charge on any atom is 0.416 e. The van der Waals surface area contributed by atoms with Crippen molar-refractivity contribution >= 4 is 23.6 Å². The van der Waals surface area contributed by atoms with Gasteiger partial charge in [-0.05, 0) is 42.0 Å². The van der Waals surface area contributed by atoms with Gasteiger partial charge in [-0.15, -0.1) is 0 Å². The largest absolute Gasteiger partial charge is 0.493 e. The monoisotopic (exact) mass is 439 g/mol. The highest BCUT2D eigenvalue weighted by Gasteiger charge is 2.30. The van der Waals surface area contributed by atoms with Crippen LogP contribution in [0.5, 0.6) is 17.2 Å². The number of halogens is 3. The molecule has 7 nitrogen and oxygen atoms in total. The van der Waals surface area contributed by atoms with Gasteiger partial charge in [0.25, 0.3) is 5.91 Å². The SMILES string of the molecule is COc1cc(C=CC(=O)OCC(=O)Nc2cccc(C(F)(F)F)c2)cc(OC)c1OC. The Morgan fingerprint density at radius 3 is 2.19 bits per heavy atom. The van der Waals surface area contributed by atoms with Gasteiger partial charge in [0.1, 0.15) is 0 Å². The number of amides is 1. The average molecular weight is 439 g/mol. The van der Waals surface area contributed by atoms with Crippen molar-refractivity contribution < 1.29 is 41.7 Å². The quantitative estimate of drug-likeness (QED) is 0.496. The van der Waals surface area contributed by atoms with Crippen molar-refractivity contribution in [2.45, 2.75) is 6.18 Å². The van der Waals surface area contributed by atoms with E-state index in [0.29, 0.717) is 22.8 Å². The van der Waals surface area contributed by atoms with Gasteiger partial charge in [0.2, 0.25) is 5.75 Å². The van der Waals surface area contributed by atoms with Crippen molar-refractivity contribution in [3.05, 3.63) is 53.6 Å². The molecule has 2 aromatic carbocycles. The van der Waals surface area contributed by atoms with E-state index < -0.39 is 30.2 Å². The minimum absolute atomic E-state index is 0.0659. The molecular weight excluding hydrogens is 419 g/mol. The molecule has 0 fully saturated rings. The number of carbonyl (C=O) groups excluding carboxylic acids is 2. The van der Waals surface area contributed by atoms with E-state index >= 15 is 0 Å². The standard InChI is InChI=1S/C21H20F3NO6/c1-28-16-9-13(10-17(29-2)20(16)30-3)7-8-19(27)31-12-18(26)25-15-6-4-5-14(11-15)21(22,23)24/h4-11H,12H2,1-3H3,(H,25,26). The van der Waals surface area contributed by atoms with Crippen molar-refractivity contribution in [3.63, 3.8) is 0 Å². The van der Waals surface area contributed by atoms with Crippen LogP contribution in [0.25, 0.3) is 6.08 Å². The third kappa shape index (κ3) is 6.66. The Morgan fingerprint density at radius 2 is 1.65 bits per heavy atom. The van der Waals surface area contributed by atoms with Crippen molar-refractivity contribution in [2.24, 2.45) is 0 Å². The Morgan fingerprint density at radius 1 is 1.00 bits per heavy atom. The van der Waals surface area contributed by atoms with E-state index in [0.717, 1.165) is 24.3 Å². The van der Waals surface area contributed by atoms with Crippen LogP contribution >= 0.6 is 0 Å². The Labute approximate surface area is 176 Å². The molecule has 0 radical (unpaired) electrons. The van der Waals surface area contributed by atoms with Crippen LogP contribution < -0.4 is 19.5 Å². The molecule has 0 unspecified atom stereocenters. The van der Waals surface area contributed by atoms with Gasteiger partial charge in [-0.25, -0.2) is 4.79 Å². The minimum Gasteiger partial charge on any atom is -0.493 e. The van der Waals surface area contributed by atoms with Crippen LogP contribution in [-0.2, 0) is 20.5 Å². The molecule has 0 aliphatic carbocycles. The van der Waals surface area contributed by atoms with E-state index in [1.165, 1.54) is 33.5 Å². The summed E-state index contributed by atoms with van der Waals surface area (Å²) < 4.78 is 58.6. The lowest BCUT2D eigenvalue weighted by molar-refractivity contribution is -0.142. The maximum absolute atomic E-state index is 12.7. The summed E-state index contributed by atoms with van der Waals surface area (Å²) in [7, 11) is 4.35. The lowest BCUT2D eigenvalue weighted by atomic mass is 10.1. The normalized spacial score (nSPS) is 11.2. The molecule has 0 heterocycles. The van der Waals surface area contributed by atoms with Gasteiger partial charge in [-0.3, -0.25) is 4.79 Å². The smallest absolute Gasteiger partial charge is 0.416 e. The fourth-order valence-electron chi connectivity index (χ4n) is 2.52. The number of benzene rings is 2. The number of hydrogen-bond donors (Lipinski definition) is 1. The number of ether oxygens (including phenoxy) is 4. The maximum atomic E-state index is 12.7. The molecule has 166 valence electrons. The number of rotatable bonds is 8. The second-order valence-corrected chi connectivity index (χ2v) is 6.03. The predicted molar refractivity (Wildman–Crippen MR) is 106 cm³/mol. The van der Waals surface area contributed by atoms with Gasteiger partial charge in [0.15, 0.2) is 18.1 Å². The molecule has 0 aliphatic heterocycles. The zero-order valence-corrected chi connectivity index (χ0v) is 16.9. The Hall–Kier alpha value is -3.69. The number of anilines is 1. The molecule has 0 bridgehead atoms. The predicted octanol–water partition coefficient (Wildman–Crippen LogP) is 3.93. The Balaban J connectivity index is 1.96. The first kappa shape index (κ1) is 23.6. The van der Waals surface area contributed by atoms with Gasteiger partial charge in [-0.2, -0.15) is 13.2 Å². The average Bonchev–Trinajstić information content (AvgIpc) is 2.74. The van der Waals surface area contributed by atoms with Crippen LogP contribution in [0.2, 0.25) is 0 Å². The Bertz CT molecular complexity index is 947. The van der Waals surface area contributed by atoms with E-state index in [1.54, 1.807) is 12.1 Å². The first-order valence-corrected chi connectivity index (χ1v) is 8.80. The zero-order chi connectivity index (χ0) is 23.0. The summed E-state index contributed by atoms with van der Waals surface area (Å²) in [5, 5.41) is 2.24. The summed E-state index contributed by atoms with van der Waals surface area (Å²) in [6.45, 7) is -0.672. The summed E-state index contributed by atoms with van der Waals surface area (Å²) in [6, 6.07) is 7.31. The summed E-state index contributed by atoms with van der Waals surface area (Å²) in [4.78, 5) is 23.7. The van der Waals surface area contributed by atoms with Gasteiger partial charge >= 0.3 is 12.1 Å². The third-order valence-electron chi connectivity index (χ3n) is 3.92. The number of esters is 1. The van der Waals surface area contributed by atoms with Gasteiger partial charge < -0.3 is 24.3 Å². The van der Waals surface area contributed by atoms with Gasteiger partial charge in [0.05, 0.1) is 26.9 Å². The summed E-state index contributed by atoms with van der Waals surface area (Å²) in [5.41, 5.74) is -0.431. The zero-order valence-electron chi connectivity index (χ0n) is 16.9. The molecule has 0 atom stereocenters. The van der Waals surface area contributed by atoms with E-state index in [2.05, 4.69) is 5.32 Å². The second kappa shape index (κ2) is 10.4. The van der Waals surface area contributed by atoms with Crippen molar-refractivity contribution in [2.75, 3.05) is 33.3 Å².